The Morgan fingerprint density at radius 3 is 2.83 bits per heavy atom. The molecule has 0 saturated carbocycles. The number of aromatic nitrogens is 2. The smallest absolute Gasteiger partial charge is 0.356 e. The van der Waals surface area contributed by atoms with Crippen LogP contribution < -0.4 is 4.74 Å². The Hall–Kier alpha value is -2.37. The van der Waals surface area contributed by atoms with Gasteiger partial charge in [0.05, 0.1) is 13.7 Å². The van der Waals surface area contributed by atoms with Crippen molar-refractivity contribution >= 4 is 5.97 Å². The van der Waals surface area contributed by atoms with E-state index in [1.54, 1.807) is 6.07 Å². The van der Waals surface area contributed by atoms with E-state index >= 15 is 0 Å². The van der Waals surface area contributed by atoms with E-state index in [2.05, 4.69) is 5.10 Å². The molecule has 0 radical (unpaired) electrons. The summed E-state index contributed by atoms with van der Waals surface area (Å²) < 4.78 is 19.7. The van der Waals surface area contributed by atoms with E-state index in [0.29, 0.717) is 12.1 Å². The highest BCUT2D eigenvalue weighted by molar-refractivity contribution is 5.85. The molecule has 0 spiro atoms. The molecule has 1 aromatic carbocycles. The Bertz CT molecular complexity index is 580. The minimum absolute atomic E-state index is 0.0380. The molecule has 0 unspecified atom stereocenters. The lowest BCUT2D eigenvalue weighted by atomic mass is 10.2. The third kappa shape index (κ3) is 2.48. The number of carboxylic acids is 1. The lowest BCUT2D eigenvalue weighted by molar-refractivity contribution is 0.0689. The van der Waals surface area contributed by atoms with Crippen LogP contribution in [-0.4, -0.2) is 28.0 Å². The van der Waals surface area contributed by atoms with Gasteiger partial charge in [-0.2, -0.15) is 5.10 Å². The van der Waals surface area contributed by atoms with Crippen LogP contribution >= 0.6 is 0 Å². The highest BCUT2D eigenvalue weighted by atomic mass is 19.1. The fourth-order valence-electron chi connectivity index (χ4n) is 1.56. The molecule has 1 heterocycles. The summed E-state index contributed by atoms with van der Waals surface area (Å²) in [6, 6.07) is 5.94. The van der Waals surface area contributed by atoms with Gasteiger partial charge in [0.2, 0.25) is 0 Å². The van der Waals surface area contributed by atoms with Crippen LogP contribution in [0.3, 0.4) is 0 Å². The molecule has 5 nitrogen and oxygen atoms in total. The van der Waals surface area contributed by atoms with E-state index < -0.39 is 11.8 Å². The third-order valence-electron chi connectivity index (χ3n) is 2.42. The zero-order valence-corrected chi connectivity index (χ0v) is 9.63. The first-order valence-electron chi connectivity index (χ1n) is 5.19. The first-order chi connectivity index (χ1) is 8.60. The maximum Gasteiger partial charge on any atom is 0.356 e. The number of benzene rings is 1. The number of hydrogen-bond acceptors (Lipinski definition) is 3. The number of rotatable bonds is 4. The van der Waals surface area contributed by atoms with Crippen molar-refractivity contribution in [3.05, 3.63) is 47.5 Å². The van der Waals surface area contributed by atoms with Crippen molar-refractivity contribution < 1.29 is 19.0 Å². The summed E-state index contributed by atoms with van der Waals surface area (Å²) in [4.78, 5) is 10.7. The van der Waals surface area contributed by atoms with Crippen LogP contribution in [0.1, 0.15) is 16.1 Å². The molecule has 0 saturated heterocycles. The van der Waals surface area contributed by atoms with Crippen molar-refractivity contribution in [3.63, 3.8) is 0 Å². The van der Waals surface area contributed by atoms with Gasteiger partial charge < -0.3 is 9.84 Å². The van der Waals surface area contributed by atoms with Crippen molar-refractivity contribution in [1.82, 2.24) is 9.78 Å². The van der Waals surface area contributed by atoms with E-state index in [1.165, 1.54) is 36.2 Å². The van der Waals surface area contributed by atoms with Crippen LogP contribution in [0.5, 0.6) is 5.75 Å². The SMILES string of the molecule is COc1ccc(Cn2ccc(C(=O)O)n2)cc1F. The predicted molar refractivity (Wildman–Crippen MR) is 61.2 cm³/mol. The second kappa shape index (κ2) is 4.87. The largest absolute Gasteiger partial charge is 0.494 e. The average molecular weight is 250 g/mol. The Morgan fingerprint density at radius 2 is 2.28 bits per heavy atom. The summed E-state index contributed by atoms with van der Waals surface area (Å²) in [5, 5.41) is 12.6. The molecule has 0 amide bonds. The molecule has 0 aliphatic rings. The summed E-state index contributed by atoms with van der Waals surface area (Å²) in [5.74, 6) is -1.37. The van der Waals surface area contributed by atoms with Gasteiger partial charge in [-0.15, -0.1) is 0 Å². The van der Waals surface area contributed by atoms with E-state index in [4.69, 9.17) is 9.84 Å². The number of hydrogen-bond donors (Lipinski definition) is 1. The summed E-state index contributed by atoms with van der Waals surface area (Å²) in [6.45, 7) is 0.300. The van der Waals surface area contributed by atoms with Crippen molar-refractivity contribution in [1.29, 1.82) is 0 Å². The van der Waals surface area contributed by atoms with Gasteiger partial charge in [0.1, 0.15) is 0 Å². The molecule has 0 bridgehead atoms. The lowest BCUT2D eigenvalue weighted by Gasteiger charge is -2.05. The second-order valence-electron chi connectivity index (χ2n) is 3.67. The van der Waals surface area contributed by atoms with Crippen molar-refractivity contribution in [2.24, 2.45) is 0 Å². The Kier molecular flexibility index (Phi) is 3.27. The number of carboxylic acid groups (broad SMARTS) is 1. The number of methoxy groups -OCH3 is 1. The number of nitrogens with zero attached hydrogens (tertiary/aromatic N) is 2. The highest BCUT2D eigenvalue weighted by Gasteiger charge is 2.08. The zero-order valence-electron chi connectivity index (χ0n) is 9.63. The van der Waals surface area contributed by atoms with Gasteiger partial charge in [0.15, 0.2) is 17.3 Å². The van der Waals surface area contributed by atoms with Crippen LogP contribution in [0.15, 0.2) is 30.5 Å². The molecule has 0 fully saturated rings. The second-order valence-corrected chi connectivity index (χ2v) is 3.67. The molecule has 1 aromatic heterocycles. The normalized spacial score (nSPS) is 10.3. The molecule has 2 aromatic rings. The van der Waals surface area contributed by atoms with Crippen LogP contribution in [0.4, 0.5) is 4.39 Å². The highest BCUT2D eigenvalue weighted by Crippen LogP contribution is 2.18. The maximum absolute atomic E-state index is 13.4. The molecule has 18 heavy (non-hydrogen) atoms. The minimum Gasteiger partial charge on any atom is -0.494 e. The van der Waals surface area contributed by atoms with Crippen molar-refractivity contribution in [2.45, 2.75) is 6.54 Å². The van der Waals surface area contributed by atoms with Gasteiger partial charge in [-0.3, -0.25) is 4.68 Å². The first-order valence-corrected chi connectivity index (χ1v) is 5.19. The van der Waals surface area contributed by atoms with E-state index in [9.17, 15) is 9.18 Å². The van der Waals surface area contributed by atoms with Crippen LogP contribution in [0.2, 0.25) is 0 Å². The molecule has 0 atom stereocenters. The van der Waals surface area contributed by atoms with Gasteiger partial charge in [-0.05, 0) is 23.8 Å². The molecular weight excluding hydrogens is 239 g/mol. The molecule has 0 aliphatic heterocycles. The Morgan fingerprint density at radius 1 is 1.50 bits per heavy atom. The molecular formula is C12H11FN2O3. The average Bonchev–Trinajstić information content (AvgIpc) is 2.78. The predicted octanol–water partition coefficient (Wildman–Crippen LogP) is 1.78. The number of carbonyl (C=O) groups is 1. The van der Waals surface area contributed by atoms with Crippen molar-refractivity contribution in [3.8, 4) is 5.75 Å². The first kappa shape index (κ1) is 12.1. The van der Waals surface area contributed by atoms with Crippen LogP contribution in [0, 0.1) is 5.82 Å². The fourth-order valence-corrected chi connectivity index (χ4v) is 1.56. The molecule has 2 rings (SSSR count). The van der Waals surface area contributed by atoms with Crippen molar-refractivity contribution in [2.75, 3.05) is 7.11 Å². The van der Waals surface area contributed by atoms with Crippen LogP contribution in [-0.2, 0) is 6.54 Å². The fraction of sp³-hybridized carbons (Fsp3) is 0.167. The zero-order chi connectivity index (χ0) is 13.1. The molecule has 94 valence electrons. The van der Waals surface area contributed by atoms with E-state index in [1.807, 2.05) is 0 Å². The minimum atomic E-state index is -1.09. The number of halogens is 1. The monoisotopic (exact) mass is 250 g/mol. The third-order valence-corrected chi connectivity index (χ3v) is 2.42. The molecule has 6 heteroatoms. The van der Waals surface area contributed by atoms with E-state index in [0.717, 1.165) is 0 Å². The number of aromatic carboxylic acids is 1. The number of ether oxygens (including phenoxy) is 1. The summed E-state index contributed by atoms with van der Waals surface area (Å²) in [7, 11) is 1.39. The molecule has 1 N–H and O–H groups in total. The Labute approximate surface area is 102 Å². The van der Waals surface area contributed by atoms with Gasteiger partial charge >= 0.3 is 5.97 Å². The summed E-state index contributed by atoms with van der Waals surface area (Å²) in [5.41, 5.74) is 0.636. The summed E-state index contributed by atoms with van der Waals surface area (Å²) in [6.07, 6.45) is 1.53. The quantitative estimate of drug-likeness (QED) is 0.898. The van der Waals surface area contributed by atoms with Gasteiger partial charge in [0, 0.05) is 6.20 Å². The standard InChI is InChI=1S/C12H11FN2O3/c1-18-11-3-2-8(6-9(11)13)7-15-5-4-10(14-15)12(16)17/h2-6H,7H2,1H3,(H,16,17). The summed E-state index contributed by atoms with van der Waals surface area (Å²) >= 11 is 0. The van der Waals surface area contributed by atoms with E-state index in [-0.39, 0.29) is 11.4 Å². The Balaban J connectivity index is 2.18. The van der Waals surface area contributed by atoms with Gasteiger partial charge in [0.25, 0.3) is 0 Å². The molecule has 0 aliphatic carbocycles. The van der Waals surface area contributed by atoms with Gasteiger partial charge in [-0.1, -0.05) is 6.07 Å². The van der Waals surface area contributed by atoms with Gasteiger partial charge in [-0.25, -0.2) is 9.18 Å². The maximum atomic E-state index is 13.4. The van der Waals surface area contributed by atoms with Crippen LogP contribution in [0.25, 0.3) is 0 Å². The topological polar surface area (TPSA) is 64.3 Å². The lowest BCUT2D eigenvalue weighted by Crippen LogP contribution is -2.04.